The molecule has 130 valence electrons. The number of carbonyl (C=O) groups is 2. The number of furan rings is 1. The van der Waals surface area contributed by atoms with Crippen LogP contribution in [-0.4, -0.2) is 18.6 Å². The summed E-state index contributed by atoms with van der Waals surface area (Å²) in [6.45, 7) is 3.51. The van der Waals surface area contributed by atoms with Gasteiger partial charge >= 0.3 is 12.0 Å². The van der Waals surface area contributed by atoms with E-state index in [1.165, 1.54) is 6.07 Å². The predicted molar refractivity (Wildman–Crippen MR) is 87.8 cm³/mol. The summed E-state index contributed by atoms with van der Waals surface area (Å²) in [7, 11) is 0. The number of nitrogens with one attached hydrogen (secondary N) is 2. The summed E-state index contributed by atoms with van der Waals surface area (Å²) >= 11 is 0. The molecule has 0 radical (unpaired) electrons. The van der Waals surface area contributed by atoms with Crippen molar-refractivity contribution in [1.29, 1.82) is 0 Å². The van der Waals surface area contributed by atoms with Crippen molar-refractivity contribution in [3.63, 3.8) is 0 Å². The Morgan fingerprint density at radius 1 is 1.28 bits per heavy atom. The monoisotopic (exact) mass is 344 g/mol. The Balaban J connectivity index is 1.99. The molecule has 2 N–H and O–H groups in total. The molecule has 3 rings (SSSR count). The fraction of sp³-hybridized carbons (Fsp3) is 0.222. The van der Waals surface area contributed by atoms with E-state index in [-0.39, 0.29) is 12.2 Å². The first-order chi connectivity index (χ1) is 12.0. The second kappa shape index (κ2) is 6.80. The van der Waals surface area contributed by atoms with Gasteiger partial charge in [0.15, 0.2) is 0 Å². The van der Waals surface area contributed by atoms with Crippen molar-refractivity contribution in [1.82, 2.24) is 10.6 Å². The van der Waals surface area contributed by atoms with Gasteiger partial charge in [-0.15, -0.1) is 0 Å². The van der Waals surface area contributed by atoms with E-state index in [1.807, 2.05) is 0 Å². The lowest BCUT2D eigenvalue weighted by Crippen LogP contribution is -2.45. The number of halogens is 1. The molecule has 1 aliphatic heterocycles. The highest BCUT2D eigenvalue weighted by Crippen LogP contribution is 2.32. The van der Waals surface area contributed by atoms with Crippen LogP contribution in [0, 0.1) is 5.82 Å². The SMILES string of the molecule is CCOC(=O)C1=C(C)NC(=O)N[C@@H]1c1ccc(-c2ccccc2F)o1. The molecular formula is C18H17FN2O4. The Morgan fingerprint density at radius 3 is 2.76 bits per heavy atom. The van der Waals surface area contributed by atoms with E-state index in [1.54, 1.807) is 44.2 Å². The van der Waals surface area contributed by atoms with Crippen molar-refractivity contribution < 1.29 is 23.1 Å². The van der Waals surface area contributed by atoms with Crippen LogP contribution in [0.5, 0.6) is 0 Å². The zero-order valence-electron chi connectivity index (χ0n) is 13.8. The van der Waals surface area contributed by atoms with Crippen LogP contribution in [0.2, 0.25) is 0 Å². The first kappa shape index (κ1) is 16.8. The summed E-state index contributed by atoms with van der Waals surface area (Å²) in [6, 6.07) is 8.13. The summed E-state index contributed by atoms with van der Waals surface area (Å²) in [4.78, 5) is 24.1. The summed E-state index contributed by atoms with van der Waals surface area (Å²) in [5.74, 6) is -0.353. The number of hydrogen-bond donors (Lipinski definition) is 2. The number of rotatable bonds is 4. The van der Waals surface area contributed by atoms with E-state index < -0.39 is 23.9 Å². The van der Waals surface area contributed by atoms with Crippen LogP contribution in [0.1, 0.15) is 25.6 Å². The summed E-state index contributed by atoms with van der Waals surface area (Å²) in [5, 5.41) is 5.18. The van der Waals surface area contributed by atoms with E-state index in [2.05, 4.69) is 10.6 Å². The summed E-state index contributed by atoms with van der Waals surface area (Å²) in [5.41, 5.74) is 0.930. The van der Waals surface area contributed by atoms with Crippen LogP contribution in [0.3, 0.4) is 0 Å². The zero-order chi connectivity index (χ0) is 18.0. The number of benzene rings is 1. The molecule has 0 saturated heterocycles. The van der Waals surface area contributed by atoms with Gasteiger partial charge in [0.25, 0.3) is 0 Å². The van der Waals surface area contributed by atoms with Crippen LogP contribution in [0.15, 0.2) is 52.1 Å². The lowest BCUT2D eigenvalue weighted by Gasteiger charge is -2.26. The van der Waals surface area contributed by atoms with Crippen molar-refractivity contribution in [2.45, 2.75) is 19.9 Å². The van der Waals surface area contributed by atoms with E-state index in [0.29, 0.717) is 22.8 Å². The Hall–Kier alpha value is -3.09. The molecule has 0 bridgehead atoms. The van der Waals surface area contributed by atoms with Gasteiger partial charge in [0.1, 0.15) is 23.4 Å². The number of esters is 1. The molecule has 0 unspecified atom stereocenters. The van der Waals surface area contributed by atoms with Crippen molar-refractivity contribution in [2.75, 3.05) is 6.61 Å². The van der Waals surface area contributed by atoms with Crippen LogP contribution in [-0.2, 0) is 9.53 Å². The molecule has 0 spiro atoms. The molecule has 2 amide bonds. The van der Waals surface area contributed by atoms with E-state index in [4.69, 9.17) is 9.15 Å². The van der Waals surface area contributed by atoms with Gasteiger partial charge in [0.05, 0.1) is 17.7 Å². The minimum Gasteiger partial charge on any atom is -0.463 e. The largest absolute Gasteiger partial charge is 0.463 e. The molecule has 6 nitrogen and oxygen atoms in total. The highest BCUT2D eigenvalue weighted by atomic mass is 19.1. The fourth-order valence-corrected chi connectivity index (χ4v) is 2.70. The van der Waals surface area contributed by atoms with Gasteiger partial charge in [0, 0.05) is 5.70 Å². The van der Waals surface area contributed by atoms with Crippen LogP contribution in [0.4, 0.5) is 9.18 Å². The zero-order valence-corrected chi connectivity index (χ0v) is 13.8. The van der Waals surface area contributed by atoms with Crippen LogP contribution >= 0.6 is 0 Å². The van der Waals surface area contributed by atoms with Gasteiger partial charge < -0.3 is 19.8 Å². The number of ether oxygens (including phenoxy) is 1. The topological polar surface area (TPSA) is 80.6 Å². The second-order valence-corrected chi connectivity index (χ2v) is 5.47. The summed E-state index contributed by atoms with van der Waals surface area (Å²) in [6.07, 6.45) is 0. The summed E-state index contributed by atoms with van der Waals surface area (Å²) < 4.78 is 24.7. The molecule has 1 aromatic carbocycles. The maximum absolute atomic E-state index is 13.9. The van der Waals surface area contributed by atoms with Crippen molar-refractivity contribution in [3.8, 4) is 11.3 Å². The molecular weight excluding hydrogens is 327 g/mol. The third-order valence-electron chi connectivity index (χ3n) is 3.82. The molecule has 1 aromatic heterocycles. The highest BCUT2D eigenvalue weighted by molar-refractivity contribution is 5.94. The van der Waals surface area contributed by atoms with E-state index in [9.17, 15) is 14.0 Å². The molecule has 2 aromatic rings. The maximum atomic E-state index is 13.9. The molecule has 1 aliphatic rings. The first-order valence-electron chi connectivity index (χ1n) is 7.81. The van der Waals surface area contributed by atoms with Gasteiger partial charge in [-0.3, -0.25) is 0 Å². The number of hydrogen-bond acceptors (Lipinski definition) is 4. The van der Waals surface area contributed by atoms with Gasteiger partial charge in [-0.25, -0.2) is 14.0 Å². The average molecular weight is 344 g/mol. The third kappa shape index (κ3) is 3.26. The number of allylic oxidation sites excluding steroid dienone is 1. The number of amides is 2. The highest BCUT2D eigenvalue weighted by Gasteiger charge is 2.34. The minimum atomic E-state index is -0.812. The number of urea groups is 1. The van der Waals surface area contributed by atoms with Crippen molar-refractivity contribution in [3.05, 3.63) is 59.2 Å². The molecule has 7 heteroatoms. The molecule has 0 fully saturated rings. The van der Waals surface area contributed by atoms with Gasteiger partial charge in [-0.2, -0.15) is 0 Å². The third-order valence-corrected chi connectivity index (χ3v) is 3.82. The molecule has 0 aliphatic carbocycles. The molecule has 1 atom stereocenters. The van der Waals surface area contributed by atoms with E-state index >= 15 is 0 Å². The molecule has 2 heterocycles. The van der Waals surface area contributed by atoms with Gasteiger partial charge in [-0.1, -0.05) is 12.1 Å². The predicted octanol–water partition coefficient (Wildman–Crippen LogP) is 3.28. The first-order valence-corrected chi connectivity index (χ1v) is 7.81. The second-order valence-electron chi connectivity index (χ2n) is 5.47. The quantitative estimate of drug-likeness (QED) is 0.834. The Morgan fingerprint density at radius 2 is 2.04 bits per heavy atom. The van der Waals surface area contributed by atoms with Crippen LogP contribution < -0.4 is 10.6 Å². The van der Waals surface area contributed by atoms with E-state index in [0.717, 1.165) is 0 Å². The van der Waals surface area contributed by atoms with Crippen molar-refractivity contribution in [2.24, 2.45) is 0 Å². The average Bonchev–Trinajstić information content (AvgIpc) is 3.04. The maximum Gasteiger partial charge on any atom is 0.338 e. The Kier molecular flexibility index (Phi) is 4.56. The fourth-order valence-electron chi connectivity index (χ4n) is 2.70. The van der Waals surface area contributed by atoms with Gasteiger partial charge in [0.2, 0.25) is 0 Å². The van der Waals surface area contributed by atoms with Crippen molar-refractivity contribution >= 4 is 12.0 Å². The normalized spacial score (nSPS) is 17.1. The Labute approximate surface area is 143 Å². The minimum absolute atomic E-state index is 0.203. The lowest BCUT2D eigenvalue weighted by atomic mass is 10.0. The van der Waals surface area contributed by atoms with Gasteiger partial charge in [-0.05, 0) is 38.1 Å². The van der Waals surface area contributed by atoms with Crippen LogP contribution in [0.25, 0.3) is 11.3 Å². The standard InChI is InChI=1S/C18H17FN2O4/c1-3-24-17(22)15-10(2)20-18(23)21-16(15)14-9-8-13(25-14)11-6-4-5-7-12(11)19/h4-9,16H,3H2,1-2H3,(H2,20,21,23)/t16-/m1/s1. The Bertz CT molecular complexity index is 856. The molecule has 25 heavy (non-hydrogen) atoms. The number of carbonyl (C=O) groups excluding carboxylic acids is 2. The smallest absolute Gasteiger partial charge is 0.338 e. The molecule has 0 saturated carbocycles. The lowest BCUT2D eigenvalue weighted by molar-refractivity contribution is -0.139.